The molecule has 0 aliphatic heterocycles. The van der Waals surface area contributed by atoms with Crippen LogP contribution in [0, 0.1) is 0 Å². The number of hydrogen-bond donors (Lipinski definition) is 2. The minimum atomic E-state index is -0.177. The van der Waals surface area contributed by atoms with Gasteiger partial charge in [0.25, 0.3) is 5.91 Å². The van der Waals surface area contributed by atoms with E-state index in [0.29, 0.717) is 30.2 Å². The fourth-order valence-electron chi connectivity index (χ4n) is 1.44. The maximum absolute atomic E-state index is 11.3. The number of ether oxygens (including phenoxy) is 2. The van der Waals surface area contributed by atoms with E-state index < -0.39 is 0 Å². The first-order valence-corrected chi connectivity index (χ1v) is 6.45. The summed E-state index contributed by atoms with van der Waals surface area (Å²) >= 11 is 4.91. The molecule has 5 nitrogen and oxygen atoms in total. The normalized spacial score (nSPS) is 9.79. The lowest BCUT2D eigenvalue weighted by Gasteiger charge is -2.12. The van der Waals surface area contributed by atoms with Gasteiger partial charge < -0.3 is 20.5 Å². The zero-order valence-corrected chi connectivity index (χ0v) is 11.9. The van der Waals surface area contributed by atoms with Crippen LogP contribution in [0.25, 0.3) is 0 Å². The van der Waals surface area contributed by atoms with E-state index in [1.165, 1.54) is 0 Å². The Bertz CT molecular complexity index is 463. The third kappa shape index (κ3) is 4.75. The van der Waals surface area contributed by atoms with Crippen LogP contribution in [0.5, 0.6) is 11.5 Å². The van der Waals surface area contributed by atoms with E-state index >= 15 is 0 Å². The highest BCUT2D eigenvalue weighted by Gasteiger charge is 2.09. The third-order valence-electron chi connectivity index (χ3n) is 2.26. The largest absolute Gasteiger partial charge is 0.490 e. The van der Waals surface area contributed by atoms with Crippen LogP contribution in [-0.4, -0.2) is 30.7 Å². The monoisotopic (exact) mass is 282 g/mol. The minimum Gasteiger partial charge on any atom is -0.490 e. The standard InChI is InChI=1S/C13H18N2O3S/c1-3-15-12(16)8-18-10-6-5-9(13(14)19)7-11(10)17-4-2/h5-7H,3-4,8H2,1-2H3,(H2,14,19)(H,15,16). The quantitative estimate of drug-likeness (QED) is 0.736. The highest BCUT2D eigenvalue weighted by molar-refractivity contribution is 7.80. The number of thiocarbonyl (C=S) groups is 1. The molecule has 0 heterocycles. The molecule has 0 bridgehead atoms. The molecule has 19 heavy (non-hydrogen) atoms. The Balaban J connectivity index is 2.81. The first-order chi connectivity index (χ1) is 9.08. The number of nitrogens with two attached hydrogens (primary N) is 1. The summed E-state index contributed by atoms with van der Waals surface area (Å²) in [6.07, 6.45) is 0. The summed E-state index contributed by atoms with van der Waals surface area (Å²) in [6, 6.07) is 5.13. The molecule has 0 fully saturated rings. The van der Waals surface area contributed by atoms with Crippen molar-refractivity contribution in [3.63, 3.8) is 0 Å². The molecule has 1 rings (SSSR count). The first kappa shape index (κ1) is 15.2. The number of carbonyl (C=O) groups excluding carboxylic acids is 1. The molecule has 0 aromatic heterocycles. The minimum absolute atomic E-state index is 0.0552. The molecule has 1 amide bonds. The van der Waals surface area contributed by atoms with Crippen LogP contribution >= 0.6 is 12.2 Å². The van der Waals surface area contributed by atoms with Crippen molar-refractivity contribution in [3.05, 3.63) is 23.8 Å². The van der Waals surface area contributed by atoms with Crippen LogP contribution in [-0.2, 0) is 4.79 Å². The second-order valence-electron chi connectivity index (χ2n) is 3.70. The molecule has 1 aromatic rings. The van der Waals surface area contributed by atoms with E-state index in [0.717, 1.165) is 0 Å². The van der Waals surface area contributed by atoms with Crippen molar-refractivity contribution >= 4 is 23.1 Å². The molecule has 0 atom stereocenters. The van der Waals surface area contributed by atoms with Gasteiger partial charge >= 0.3 is 0 Å². The van der Waals surface area contributed by atoms with Crippen LogP contribution < -0.4 is 20.5 Å². The Kier molecular flexibility index (Phi) is 6.08. The zero-order chi connectivity index (χ0) is 14.3. The smallest absolute Gasteiger partial charge is 0.257 e. The van der Waals surface area contributed by atoms with Crippen molar-refractivity contribution in [2.45, 2.75) is 13.8 Å². The SMILES string of the molecule is CCNC(=O)COc1ccc(C(N)=S)cc1OCC. The van der Waals surface area contributed by atoms with E-state index in [2.05, 4.69) is 5.32 Å². The summed E-state index contributed by atoms with van der Waals surface area (Å²) in [5.74, 6) is 0.841. The average Bonchev–Trinajstić information content (AvgIpc) is 2.37. The van der Waals surface area contributed by atoms with Gasteiger partial charge in [-0.05, 0) is 32.0 Å². The molecule has 6 heteroatoms. The molecule has 0 aliphatic rings. The molecule has 3 N–H and O–H groups in total. The maximum Gasteiger partial charge on any atom is 0.257 e. The molecular weight excluding hydrogens is 264 g/mol. The van der Waals surface area contributed by atoms with Crippen molar-refractivity contribution in [2.75, 3.05) is 19.8 Å². The van der Waals surface area contributed by atoms with Crippen LogP contribution in [0.4, 0.5) is 0 Å². The summed E-state index contributed by atoms with van der Waals surface area (Å²) in [4.78, 5) is 11.6. The second-order valence-corrected chi connectivity index (χ2v) is 4.14. The van der Waals surface area contributed by atoms with E-state index in [4.69, 9.17) is 27.4 Å². The van der Waals surface area contributed by atoms with Crippen molar-refractivity contribution in [1.29, 1.82) is 0 Å². The van der Waals surface area contributed by atoms with Crippen LogP contribution in [0.15, 0.2) is 18.2 Å². The van der Waals surface area contributed by atoms with E-state index in [1.807, 2.05) is 13.8 Å². The summed E-state index contributed by atoms with van der Waals surface area (Å²) in [5, 5.41) is 2.65. The molecule has 0 aliphatic carbocycles. The van der Waals surface area contributed by atoms with E-state index in [-0.39, 0.29) is 17.5 Å². The van der Waals surface area contributed by atoms with Gasteiger partial charge in [-0.15, -0.1) is 0 Å². The highest BCUT2D eigenvalue weighted by atomic mass is 32.1. The lowest BCUT2D eigenvalue weighted by Crippen LogP contribution is -2.28. The summed E-state index contributed by atoms with van der Waals surface area (Å²) < 4.78 is 10.9. The second kappa shape index (κ2) is 7.58. The molecule has 104 valence electrons. The molecule has 0 unspecified atom stereocenters. The lowest BCUT2D eigenvalue weighted by atomic mass is 10.2. The molecule has 0 radical (unpaired) electrons. The maximum atomic E-state index is 11.3. The van der Waals surface area contributed by atoms with E-state index in [9.17, 15) is 4.79 Å². The number of likely N-dealkylation sites (N-methyl/N-ethyl adjacent to an activating group) is 1. The van der Waals surface area contributed by atoms with Gasteiger partial charge in [-0.3, -0.25) is 4.79 Å². The Morgan fingerprint density at radius 3 is 2.63 bits per heavy atom. The number of amides is 1. The fourth-order valence-corrected chi connectivity index (χ4v) is 1.57. The van der Waals surface area contributed by atoms with Gasteiger partial charge in [0.1, 0.15) is 4.99 Å². The summed E-state index contributed by atoms with van der Waals surface area (Å²) in [7, 11) is 0. The summed E-state index contributed by atoms with van der Waals surface area (Å²) in [6.45, 7) is 4.71. The van der Waals surface area contributed by atoms with E-state index in [1.54, 1.807) is 18.2 Å². The van der Waals surface area contributed by atoms with Gasteiger partial charge in [0, 0.05) is 12.1 Å². The highest BCUT2D eigenvalue weighted by Crippen LogP contribution is 2.28. The molecular formula is C13H18N2O3S. The predicted octanol–water partition coefficient (Wildman–Crippen LogP) is 1.23. The third-order valence-corrected chi connectivity index (χ3v) is 2.50. The topological polar surface area (TPSA) is 73.6 Å². The fraction of sp³-hybridized carbons (Fsp3) is 0.385. The number of rotatable bonds is 7. The number of carbonyl (C=O) groups is 1. The summed E-state index contributed by atoms with van der Waals surface area (Å²) in [5.41, 5.74) is 6.26. The van der Waals surface area contributed by atoms with Gasteiger partial charge in [-0.2, -0.15) is 0 Å². The molecule has 0 saturated heterocycles. The predicted molar refractivity (Wildman–Crippen MR) is 77.7 cm³/mol. The van der Waals surface area contributed by atoms with Crippen LogP contribution in [0.2, 0.25) is 0 Å². The van der Waals surface area contributed by atoms with Gasteiger partial charge in [0.05, 0.1) is 6.61 Å². The first-order valence-electron chi connectivity index (χ1n) is 6.04. The van der Waals surface area contributed by atoms with Crippen molar-refractivity contribution in [3.8, 4) is 11.5 Å². The Labute approximate surface area is 118 Å². The van der Waals surface area contributed by atoms with Crippen LogP contribution in [0.3, 0.4) is 0 Å². The molecule has 1 aromatic carbocycles. The van der Waals surface area contributed by atoms with Crippen molar-refractivity contribution < 1.29 is 14.3 Å². The molecule has 0 saturated carbocycles. The Morgan fingerprint density at radius 1 is 1.32 bits per heavy atom. The number of benzene rings is 1. The van der Waals surface area contributed by atoms with Gasteiger partial charge in [0.2, 0.25) is 0 Å². The number of hydrogen-bond acceptors (Lipinski definition) is 4. The lowest BCUT2D eigenvalue weighted by molar-refractivity contribution is -0.123. The van der Waals surface area contributed by atoms with Crippen molar-refractivity contribution in [2.24, 2.45) is 5.73 Å². The number of nitrogens with one attached hydrogen (secondary N) is 1. The zero-order valence-electron chi connectivity index (χ0n) is 11.1. The Hall–Kier alpha value is -1.82. The Morgan fingerprint density at radius 2 is 2.05 bits per heavy atom. The van der Waals surface area contributed by atoms with Crippen LogP contribution in [0.1, 0.15) is 19.4 Å². The van der Waals surface area contributed by atoms with Crippen molar-refractivity contribution in [1.82, 2.24) is 5.32 Å². The average molecular weight is 282 g/mol. The van der Waals surface area contributed by atoms with Gasteiger partial charge in [0.15, 0.2) is 18.1 Å². The van der Waals surface area contributed by atoms with Gasteiger partial charge in [-0.25, -0.2) is 0 Å². The van der Waals surface area contributed by atoms with Gasteiger partial charge in [-0.1, -0.05) is 12.2 Å². The molecule has 0 spiro atoms.